The third-order valence-electron chi connectivity index (χ3n) is 6.46. The average molecular weight is 548 g/mol. The zero-order valence-corrected chi connectivity index (χ0v) is 23.3. The van der Waals surface area contributed by atoms with Gasteiger partial charge in [-0.05, 0) is 87.4 Å². The molecule has 0 saturated carbocycles. The number of carbonyl (C=O) groups excluding carboxylic acids is 3. The van der Waals surface area contributed by atoms with Crippen molar-refractivity contribution in [2.75, 3.05) is 11.9 Å². The van der Waals surface area contributed by atoms with E-state index in [4.69, 9.17) is 9.47 Å². The van der Waals surface area contributed by atoms with Gasteiger partial charge in [0.25, 0.3) is 0 Å². The Morgan fingerprint density at radius 3 is 2.38 bits per heavy atom. The highest BCUT2D eigenvalue weighted by Gasteiger charge is 2.27. The molecule has 9 heteroatoms. The van der Waals surface area contributed by atoms with E-state index in [1.807, 2.05) is 55.5 Å². The summed E-state index contributed by atoms with van der Waals surface area (Å²) in [5, 5.41) is 7.04. The number of aryl methyl sites for hydroxylation is 2. The van der Waals surface area contributed by atoms with Gasteiger partial charge in [-0.3, -0.25) is 9.59 Å². The molecule has 0 bridgehead atoms. The first-order chi connectivity index (χ1) is 18.9. The normalized spacial score (nSPS) is 13.2. The number of rotatable bonds is 8. The van der Waals surface area contributed by atoms with E-state index in [2.05, 4.69) is 15.8 Å². The molecule has 1 aliphatic carbocycles. The fraction of sp³-hybridized carbons (Fsp3) is 0.333. The van der Waals surface area contributed by atoms with Crippen LogP contribution in [0.5, 0.6) is 5.75 Å². The molecule has 39 heavy (non-hydrogen) atoms. The molecule has 0 unspecified atom stereocenters. The van der Waals surface area contributed by atoms with Crippen LogP contribution in [-0.4, -0.2) is 30.1 Å². The molecule has 0 fully saturated rings. The minimum Gasteiger partial charge on any atom is -0.489 e. The van der Waals surface area contributed by atoms with Gasteiger partial charge in [0.15, 0.2) is 0 Å². The number of amides is 2. The van der Waals surface area contributed by atoms with Crippen LogP contribution in [0.3, 0.4) is 0 Å². The maximum Gasteiger partial charge on any atom is 0.341 e. The second-order valence-corrected chi connectivity index (χ2v) is 10.5. The van der Waals surface area contributed by atoms with Crippen LogP contribution in [0, 0.1) is 6.92 Å². The molecular formula is C30H33N3O5S. The zero-order chi connectivity index (χ0) is 27.8. The number of esters is 1. The summed E-state index contributed by atoms with van der Waals surface area (Å²) >= 11 is 1.34. The van der Waals surface area contributed by atoms with Gasteiger partial charge in [0, 0.05) is 4.88 Å². The van der Waals surface area contributed by atoms with Gasteiger partial charge in [-0.2, -0.15) is 5.10 Å². The number of hydrogen-bond acceptors (Lipinski definition) is 7. The predicted octanol–water partition coefficient (Wildman–Crippen LogP) is 5.56. The van der Waals surface area contributed by atoms with Crippen molar-refractivity contribution in [2.45, 2.75) is 59.5 Å². The summed E-state index contributed by atoms with van der Waals surface area (Å²) in [5.74, 6) is -1.59. The minimum absolute atomic E-state index is 0.227. The molecule has 0 radical (unpaired) electrons. The van der Waals surface area contributed by atoms with E-state index < -0.39 is 17.8 Å². The number of carbonyl (C=O) groups is 3. The highest BCUT2D eigenvalue weighted by atomic mass is 32.1. The number of thiophene rings is 1. The molecule has 1 aromatic heterocycles. The summed E-state index contributed by atoms with van der Waals surface area (Å²) in [5.41, 5.74) is 7.17. The van der Waals surface area contributed by atoms with Gasteiger partial charge in [0.05, 0.1) is 17.9 Å². The predicted molar refractivity (Wildman–Crippen MR) is 152 cm³/mol. The Labute approximate surface area is 232 Å². The third-order valence-corrected chi connectivity index (χ3v) is 7.66. The fourth-order valence-corrected chi connectivity index (χ4v) is 5.58. The van der Waals surface area contributed by atoms with E-state index >= 15 is 0 Å². The van der Waals surface area contributed by atoms with Gasteiger partial charge < -0.3 is 14.8 Å². The van der Waals surface area contributed by atoms with Crippen LogP contribution in [0.1, 0.15) is 70.6 Å². The Bertz CT molecular complexity index is 1360. The van der Waals surface area contributed by atoms with Gasteiger partial charge in [-0.15, -0.1) is 11.3 Å². The number of anilines is 1. The van der Waals surface area contributed by atoms with E-state index in [0.717, 1.165) is 53.7 Å². The van der Waals surface area contributed by atoms with E-state index in [1.54, 1.807) is 13.8 Å². The molecular weight excluding hydrogens is 514 g/mol. The standard InChI is InChI=1S/C30H33N3O5S/c1-4-37-30(36)26-24-8-6-5-7-9-25(24)39-29(26)31-27(34)28(35)33-32-20(3)22-14-16-23(17-15-22)38-18-21-12-10-19(2)11-13-21/h10-17H,4-9,18H2,1-3H3,(H,31,34)(H,33,35)/b32-20+. The molecule has 0 aliphatic heterocycles. The smallest absolute Gasteiger partial charge is 0.341 e. The molecule has 8 nitrogen and oxygen atoms in total. The van der Waals surface area contributed by atoms with Crippen LogP contribution in [0.15, 0.2) is 53.6 Å². The molecule has 3 aromatic rings. The van der Waals surface area contributed by atoms with Crippen molar-refractivity contribution < 1.29 is 23.9 Å². The molecule has 1 heterocycles. The molecule has 204 valence electrons. The number of nitrogens with zero attached hydrogens (tertiary/aromatic N) is 1. The lowest BCUT2D eigenvalue weighted by atomic mass is 10.1. The third kappa shape index (κ3) is 7.32. The van der Waals surface area contributed by atoms with Gasteiger partial charge in [-0.25, -0.2) is 10.2 Å². The summed E-state index contributed by atoms with van der Waals surface area (Å²) in [4.78, 5) is 38.9. The number of hydrogen-bond donors (Lipinski definition) is 2. The summed E-state index contributed by atoms with van der Waals surface area (Å²) in [7, 11) is 0. The van der Waals surface area contributed by atoms with Crippen molar-refractivity contribution in [1.29, 1.82) is 0 Å². The van der Waals surface area contributed by atoms with Crippen LogP contribution >= 0.6 is 11.3 Å². The van der Waals surface area contributed by atoms with E-state index in [9.17, 15) is 14.4 Å². The van der Waals surface area contributed by atoms with Crippen molar-refractivity contribution in [3.8, 4) is 5.75 Å². The lowest BCUT2D eigenvalue weighted by Crippen LogP contribution is -2.33. The van der Waals surface area contributed by atoms with Crippen LogP contribution in [-0.2, 0) is 33.8 Å². The van der Waals surface area contributed by atoms with Crippen LogP contribution < -0.4 is 15.5 Å². The number of fused-ring (bicyclic) bond motifs is 1. The minimum atomic E-state index is -0.925. The first kappa shape index (κ1) is 28.0. The Morgan fingerprint density at radius 2 is 1.67 bits per heavy atom. The maximum atomic E-state index is 12.7. The van der Waals surface area contributed by atoms with Crippen molar-refractivity contribution in [2.24, 2.45) is 5.10 Å². The van der Waals surface area contributed by atoms with Crippen LogP contribution in [0.2, 0.25) is 0 Å². The average Bonchev–Trinajstić information content (AvgIpc) is 3.11. The molecule has 2 amide bonds. The van der Waals surface area contributed by atoms with Crippen LogP contribution in [0.25, 0.3) is 0 Å². The number of hydrazone groups is 1. The molecule has 0 atom stereocenters. The lowest BCUT2D eigenvalue weighted by molar-refractivity contribution is -0.136. The highest BCUT2D eigenvalue weighted by molar-refractivity contribution is 7.17. The van der Waals surface area contributed by atoms with Crippen molar-refractivity contribution >= 4 is 39.8 Å². The Kier molecular flexibility index (Phi) is 9.49. The van der Waals surface area contributed by atoms with Crippen molar-refractivity contribution in [3.05, 3.63) is 81.2 Å². The summed E-state index contributed by atoms with van der Waals surface area (Å²) in [6.45, 7) is 6.20. The quantitative estimate of drug-likeness (QED) is 0.126. The van der Waals surface area contributed by atoms with Crippen molar-refractivity contribution in [1.82, 2.24) is 5.43 Å². The van der Waals surface area contributed by atoms with Crippen LogP contribution in [0.4, 0.5) is 5.00 Å². The highest BCUT2D eigenvalue weighted by Crippen LogP contribution is 2.38. The van der Waals surface area contributed by atoms with Gasteiger partial charge in [-0.1, -0.05) is 36.2 Å². The zero-order valence-electron chi connectivity index (χ0n) is 22.5. The van der Waals surface area contributed by atoms with E-state index in [1.165, 1.54) is 16.9 Å². The second-order valence-electron chi connectivity index (χ2n) is 9.38. The SMILES string of the molecule is CCOC(=O)c1c(NC(=O)C(=O)N/N=C(\C)c2ccc(OCc3ccc(C)cc3)cc2)sc2c1CCCCC2. The number of benzene rings is 2. The van der Waals surface area contributed by atoms with Gasteiger partial charge in [0.1, 0.15) is 17.4 Å². The lowest BCUT2D eigenvalue weighted by Gasteiger charge is -2.09. The summed E-state index contributed by atoms with van der Waals surface area (Å²) < 4.78 is 11.1. The Balaban J connectivity index is 1.36. The maximum absolute atomic E-state index is 12.7. The topological polar surface area (TPSA) is 106 Å². The van der Waals surface area contributed by atoms with E-state index in [-0.39, 0.29) is 6.61 Å². The fourth-order valence-electron chi connectivity index (χ4n) is 4.30. The Hall–Kier alpha value is -3.98. The van der Waals surface area contributed by atoms with E-state index in [0.29, 0.717) is 28.6 Å². The monoisotopic (exact) mass is 547 g/mol. The van der Waals surface area contributed by atoms with Crippen molar-refractivity contribution in [3.63, 3.8) is 0 Å². The van der Waals surface area contributed by atoms with Gasteiger partial charge in [0.2, 0.25) is 0 Å². The number of ether oxygens (including phenoxy) is 2. The largest absolute Gasteiger partial charge is 0.489 e. The first-order valence-corrected chi connectivity index (χ1v) is 13.9. The van der Waals surface area contributed by atoms with Gasteiger partial charge >= 0.3 is 17.8 Å². The second kappa shape index (κ2) is 13.2. The summed E-state index contributed by atoms with van der Waals surface area (Å²) in [6.07, 6.45) is 4.68. The molecule has 2 aromatic carbocycles. The molecule has 0 saturated heterocycles. The summed E-state index contributed by atoms with van der Waals surface area (Å²) in [6, 6.07) is 15.5. The first-order valence-electron chi connectivity index (χ1n) is 13.1. The molecule has 2 N–H and O–H groups in total. The number of nitrogens with one attached hydrogen (secondary N) is 2. The molecule has 4 rings (SSSR count). The molecule has 1 aliphatic rings. The molecule has 0 spiro atoms. The Morgan fingerprint density at radius 1 is 0.949 bits per heavy atom.